The zero-order chi connectivity index (χ0) is 12.6. The molecule has 0 aliphatic carbocycles. The highest BCUT2D eigenvalue weighted by molar-refractivity contribution is 7.85. The Balaban J connectivity index is 1.88. The van der Waals surface area contributed by atoms with E-state index in [1.165, 1.54) is 0 Å². The monoisotopic (exact) mass is 260 g/mol. The molecule has 5 nitrogen and oxygen atoms in total. The van der Waals surface area contributed by atoms with Gasteiger partial charge in [-0.2, -0.15) is 8.42 Å². The lowest BCUT2D eigenvalue weighted by atomic mass is 10.1. The van der Waals surface area contributed by atoms with Gasteiger partial charge >= 0.3 is 0 Å². The molecule has 0 amide bonds. The van der Waals surface area contributed by atoms with Gasteiger partial charge in [0.05, 0.1) is 5.75 Å². The van der Waals surface area contributed by atoms with Crippen LogP contribution in [0.15, 0.2) is 12.4 Å². The molecule has 0 atom stereocenters. The van der Waals surface area contributed by atoms with E-state index < -0.39 is 10.1 Å². The van der Waals surface area contributed by atoms with E-state index in [1.54, 1.807) is 6.20 Å². The van der Waals surface area contributed by atoms with Gasteiger partial charge in [0, 0.05) is 18.8 Å². The van der Waals surface area contributed by atoms with E-state index in [-0.39, 0.29) is 5.75 Å². The summed E-state index contributed by atoms with van der Waals surface area (Å²) in [6, 6.07) is 0. The Morgan fingerprint density at radius 3 is 2.35 bits per heavy atom. The van der Waals surface area contributed by atoms with Gasteiger partial charge in [0.2, 0.25) is 0 Å². The Labute approximate surface area is 102 Å². The average Bonchev–Trinajstić information content (AvgIpc) is 2.73. The largest absolute Gasteiger partial charge is 0.349 e. The molecule has 0 fully saturated rings. The summed E-state index contributed by atoms with van der Waals surface area (Å²) in [6.07, 6.45) is 10.3. The summed E-state index contributed by atoms with van der Waals surface area (Å²) >= 11 is 0. The number of H-pyrrole nitrogens is 1. The summed E-state index contributed by atoms with van der Waals surface area (Å²) in [6.45, 7) is 0. The van der Waals surface area contributed by atoms with E-state index in [0.717, 1.165) is 44.3 Å². The molecule has 0 radical (unpaired) electrons. The normalized spacial score (nSPS) is 11.8. The van der Waals surface area contributed by atoms with Crippen LogP contribution in [0.4, 0.5) is 0 Å². The van der Waals surface area contributed by atoms with Crippen LogP contribution in [0.5, 0.6) is 0 Å². The first-order chi connectivity index (χ1) is 8.08. The maximum Gasteiger partial charge on any atom is 0.264 e. The summed E-state index contributed by atoms with van der Waals surface area (Å²) < 4.78 is 29.4. The molecule has 0 saturated heterocycles. The minimum absolute atomic E-state index is 0.112. The Morgan fingerprint density at radius 1 is 1.12 bits per heavy atom. The third kappa shape index (κ3) is 7.93. The van der Waals surface area contributed by atoms with Crippen LogP contribution in [0.1, 0.15) is 44.3 Å². The number of hydrogen-bond donors (Lipinski definition) is 2. The number of aromatic nitrogens is 2. The Morgan fingerprint density at radius 2 is 1.76 bits per heavy atom. The highest BCUT2D eigenvalue weighted by Crippen LogP contribution is 2.08. The smallest absolute Gasteiger partial charge is 0.264 e. The van der Waals surface area contributed by atoms with Crippen molar-refractivity contribution in [2.24, 2.45) is 0 Å². The Hall–Kier alpha value is -0.880. The number of nitrogens with one attached hydrogen (secondary N) is 1. The lowest BCUT2D eigenvalue weighted by Crippen LogP contribution is -2.03. The SMILES string of the molecule is O=S(=O)(O)CCCCCCCCc1ncc[nH]1. The van der Waals surface area contributed by atoms with Crippen molar-refractivity contribution in [3.05, 3.63) is 18.2 Å². The van der Waals surface area contributed by atoms with E-state index in [0.29, 0.717) is 6.42 Å². The van der Waals surface area contributed by atoms with Gasteiger partial charge in [-0.15, -0.1) is 0 Å². The molecule has 0 unspecified atom stereocenters. The fraction of sp³-hybridized carbons (Fsp3) is 0.727. The van der Waals surface area contributed by atoms with Crippen LogP contribution in [0.2, 0.25) is 0 Å². The van der Waals surface area contributed by atoms with E-state index in [4.69, 9.17) is 4.55 Å². The highest BCUT2D eigenvalue weighted by Gasteiger charge is 2.02. The number of nitrogens with zero attached hydrogens (tertiary/aromatic N) is 1. The Kier molecular flexibility index (Phi) is 6.21. The predicted molar refractivity (Wildman–Crippen MR) is 66.4 cm³/mol. The van der Waals surface area contributed by atoms with Crippen molar-refractivity contribution >= 4 is 10.1 Å². The van der Waals surface area contributed by atoms with Gasteiger partial charge in [0.1, 0.15) is 5.82 Å². The third-order valence-electron chi connectivity index (χ3n) is 2.62. The van der Waals surface area contributed by atoms with Crippen LogP contribution >= 0.6 is 0 Å². The molecular formula is C11H20N2O3S. The van der Waals surface area contributed by atoms with Crippen LogP contribution < -0.4 is 0 Å². The summed E-state index contributed by atoms with van der Waals surface area (Å²) in [5.74, 6) is 0.913. The van der Waals surface area contributed by atoms with Crippen molar-refractivity contribution in [2.75, 3.05) is 5.75 Å². The molecule has 0 aliphatic heterocycles. The number of hydrogen-bond acceptors (Lipinski definition) is 3. The van der Waals surface area contributed by atoms with E-state index in [9.17, 15) is 8.42 Å². The Bertz CT molecular complexity index is 387. The highest BCUT2D eigenvalue weighted by atomic mass is 32.2. The second kappa shape index (κ2) is 7.45. The lowest BCUT2D eigenvalue weighted by Gasteiger charge is -2.00. The first-order valence-corrected chi connectivity index (χ1v) is 7.62. The lowest BCUT2D eigenvalue weighted by molar-refractivity contribution is 0.478. The van der Waals surface area contributed by atoms with Crippen LogP contribution in [0.25, 0.3) is 0 Å². The first kappa shape index (κ1) is 14.2. The molecule has 1 heterocycles. The summed E-state index contributed by atoms with van der Waals surface area (Å²) in [7, 11) is -3.76. The van der Waals surface area contributed by atoms with Crippen LogP contribution in [-0.2, 0) is 16.5 Å². The summed E-state index contributed by atoms with van der Waals surface area (Å²) in [5.41, 5.74) is 0. The van der Waals surface area contributed by atoms with Crippen molar-refractivity contribution in [1.82, 2.24) is 9.97 Å². The summed E-state index contributed by atoms with van der Waals surface area (Å²) in [4.78, 5) is 7.20. The van der Waals surface area contributed by atoms with Crippen molar-refractivity contribution in [2.45, 2.75) is 44.9 Å². The molecule has 0 aromatic carbocycles. The second-order valence-corrected chi connectivity index (χ2v) is 5.77. The standard InChI is InChI=1S/C11H20N2O3S/c14-17(15,16)10-6-4-2-1-3-5-7-11-12-8-9-13-11/h8-9H,1-7,10H2,(H,12,13)(H,14,15,16). The number of rotatable bonds is 9. The quantitative estimate of drug-likeness (QED) is 0.526. The van der Waals surface area contributed by atoms with Crippen LogP contribution in [-0.4, -0.2) is 28.7 Å². The zero-order valence-electron chi connectivity index (χ0n) is 9.93. The average molecular weight is 260 g/mol. The molecule has 0 spiro atoms. The minimum Gasteiger partial charge on any atom is -0.349 e. The van der Waals surface area contributed by atoms with E-state index in [2.05, 4.69) is 9.97 Å². The number of imidazole rings is 1. The predicted octanol–water partition coefficient (Wildman–Crippen LogP) is 2.18. The van der Waals surface area contributed by atoms with Gasteiger partial charge in [0.15, 0.2) is 0 Å². The number of unbranched alkanes of at least 4 members (excludes halogenated alkanes) is 5. The first-order valence-electron chi connectivity index (χ1n) is 6.01. The molecule has 0 aliphatic rings. The molecule has 2 N–H and O–H groups in total. The van der Waals surface area contributed by atoms with Crippen LogP contribution in [0.3, 0.4) is 0 Å². The fourth-order valence-electron chi connectivity index (χ4n) is 1.72. The molecular weight excluding hydrogens is 240 g/mol. The zero-order valence-corrected chi connectivity index (χ0v) is 10.7. The molecule has 6 heteroatoms. The molecule has 17 heavy (non-hydrogen) atoms. The fourth-order valence-corrected chi connectivity index (χ4v) is 2.29. The topological polar surface area (TPSA) is 83.1 Å². The van der Waals surface area contributed by atoms with Crippen molar-refractivity contribution in [3.63, 3.8) is 0 Å². The molecule has 0 saturated carbocycles. The maximum atomic E-state index is 10.4. The van der Waals surface area contributed by atoms with Gasteiger partial charge in [-0.25, -0.2) is 4.98 Å². The van der Waals surface area contributed by atoms with Crippen molar-refractivity contribution in [3.8, 4) is 0 Å². The van der Waals surface area contributed by atoms with Gasteiger partial charge in [-0.3, -0.25) is 4.55 Å². The number of aryl methyl sites for hydroxylation is 1. The van der Waals surface area contributed by atoms with Gasteiger partial charge in [-0.05, 0) is 12.8 Å². The third-order valence-corrected chi connectivity index (χ3v) is 3.43. The van der Waals surface area contributed by atoms with E-state index >= 15 is 0 Å². The van der Waals surface area contributed by atoms with Crippen molar-refractivity contribution in [1.29, 1.82) is 0 Å². The van der Waals surface area contributed by atoms with E-state index in [1.807, 2.05) is 6.20 Å². The molecule has 1 aromatic rings. The summed E-state index contributed by atoms with van der Waals surface area (Å²) in [5, 5.41) is 0. The van der Waals surface area contributed by atoms with Crippen LogP contribution in [0, 0.1) is 0 Å². The van der Waals surface area contributed by atoms with Gasteiger partial charge in [-0.1, -0.05) is 25.7 Å². The van der Waals surface area contributed by atoms with Gasteiger partial charge in [0.25, 0.3) is 10.1 Å². The van der Waals surface area contributed by atoms with Gasteiger partial charge < -0.3 is 4.98 Å². The maximum absolute atomic E-state index is 10.4. The molecule has 1 aromatic heterocycles. The van der Waals surface area contributed by atoms with Crippen molar-refractivity contribution < 1.29 is 13.0 Å². The number of aromatic amines is 1. The second-order valence-electron chi connectivity index (χ2n) is 4.19. The minimum atomic E-state index is -3.76. The molecule has 0 bridgehead atoms. The molecule has 98 valence electrons. The molecule has 1 rings (SSSR count).